The number of hydrogen-bond donors (Lipinski definition) is 0. The fraction of sp³-hybridized carbons (Fsp3) is 0. The van der Waals surface area contributed by atoms with E-state index >= 15 is 0 Å². The summed E-state index contributed by atoms with van der Waals surface area (Å²) in [5, 5.41) is 2.01. The van der Waals surface area contributed by atoms with Gasteiger partial charge in [0.2, 0.25) is 5.89 Å². The summed E-state index contributed by atoms with van der Waals surface area (Å²) in [6.45, 7) is 0. The number of para-hydroxylation sites is 2. The molecule has 0 amide bonds. The zero-order valence-electron chi connectivity index (χ0n) is 25.4. The van der Waals surface area contributed by atoms with E-state index < -0.39 is 0 Å². The zero-order valence-corrected chi connectivity index (χ0v) is 25.4. The lowest BCUT2D eigenvalue weighted by Crippen LogP contribution is -2.11. The molecule has 0 radical (unpaired) electrons. The molecule has 0 saturated carbocycles. The number of rotatable bonds is 6. The highest BCUT2D eigenvalue weighted by atomic mass is 16.4. The molecule has 4 heteroatoms. The van der Waals surface area contributed by atoms with Gasteiger partial charge in [-0.15, -0.1) is 0 Å². The molecular weight excluding hydrogens is 576 g/mol. The van der Waals surface area contributed by atoms with Gasteiger partial charge in [0.15, 0.2) is 11.2 Å². The van der Waals surface area contributed by atoms with Crippen LogP contribution in [0.25, 0.3) is 66.7 Å². The second-order valence-corrected chi connectivity index (χ2v) is 11.6. The molecule has 0 atom stereocenters. The Hall–Kier alpha value is -6.39. The first kappa shape index (κ1) is 27.0. The van der Waals surface area contributed by atoms with E-state index in [4.69, 9.17) is 13.8 Å². The molecule has 0 aliphatic rings. The lowest BCUT2D eigenvalue weighted by molar-refractivity contribution is 0.620. The highest BCUT2D eigenvalue weighted by Gasteiger charge is 2.26. The van der Waals surface area contributed by atoms with Crippen molar-refractivity contribution < 1.29 is 8.83 Å². The van der Waals surface area contributed by atoms with Crippen molar-refractivity contribution in [3.63, 3.8) is 0 Å². The number of hydrogen-bond acceptors (Lipinski definition) is 4. The van der Waals surface area contributed by atoms with Crippen LogP contribution in [-0.2, 0) is 0 Å². The third-order valence-corrected chi connectivity index (χ3v) is 8.71. The summed E-state index contributed by atoms with van der Waals surface area (Å²) in [4.78, 5) is 7.33. The van der Waals surface area contributed by atoms with E-state index in [9.17, 15) is 0 Å². The van der Waals surface area contributed by atoms with Crippen LogP contribution in [0.3, 0.4) is 0 Å². The van der Waals surface area contributed by atoms with Gasteiger partial charge < -0.3 is 13.7 Å². The highest BCUT2D eigenvalue weighted by Crippen LogP contribution is 2.47. The molecule has 7 aromatic carbocycles. The highest BCUT2D eigenvalue weighted by molar-refractivity contribution is 6.17. The quantitative estimate of drug-likeness (QED) is 0.189. The number of nitrogens with zero attached hydrogens (tertiary/aromatic N) is 2. The molecule has 47 heavy (non-hydrogen) atoms. The number of furan rings is 1. The van der Waals surface area contributed by atoms with Crippen LogP contribution in [0.15, 0.2) is 179 Å². The van der Waals surface area contributed by atoms with Crippen molar-refractivity contribution in [2.24, 2.45) is 0 Å². The Morgan fingerprint density at radius 2 is 0.915 bits per heavy atom. The van der Waals surface area contributed by atoms with Crippen LogP contribution in [-0.4, -0.2) is 4.98 Å². The average molecular weight is 605 g/mol. The molecule has 0 aliphatic carbocycles. The smallest absolute Gasteiger partial charge is 0.227 e. The van der Waals surface area contributed by atoms with Gasteiger partial charge in [-0.05, 0) is 70.8 Å². The second kappa shape index (κ2) is 11.2. The fourth-order valence-corrected chi connectivity index (χ4v) is 6.41. The van der Waals surface area contributed by atoms with Gasteiger partial charge in [-0.3, -0.25) is 0 Å². The molecule has 2 aromatic heterocycles. The van der Waals surface area contributed by atoms with E-state index in [-0.39, 0.29) is 0 Å². The van der Waals surface area contributed by atoms with Crippen LogP contribution in [0.5, 0.6) is 0 Å². The minimum atomic E-state index is 0.570. The summed E-state index contributed by atoms with van der Waals surface area (Å²) < 4.78 is 13.1. The Morgan fingerprint density at radius 1 is 0.404 bits per heavy atom. The van der Waals surface area contributed by atoms with Crippen molar-refractivity contribution in [3.05, 3.63) is 170 Å². The minimum Gasteiger partial charge on any atom is -0.454 e. The zero-order chi connectivity index (χ0) is 31.2. The van der Waals surface area contributed by atoms with Gasteiger partial charge in [0.25, 0.3) is 0 Å². The van der Waals surface area contributed by atoms with E-state index in [1.54, 1.807) is 0 Å². The lowest BCUT2D eigenvalue weighted by atomic mass is 10.00. The number of anilines is 3. The van der Waals surface area contributed by atoms with Crippen LogP contribution < -0.4 is 4.90 Å². The molecule has 0 spiro atoms. The molecule has 4 nitrogen and oxygen atoms in total. The van der Waals surface area contributed by atoms with Crippen LogP contribution in [0.1, 0.15) is 0 Å². The molecule has 0 unspecified atom stereocenters. The van der Waals surface area contributed by atoms with E-state index in [2.05, 4.69) is 114 Å². The Kier molecular flexibility index (Phi) is 6.43. The molecule has 0 bridgehead atoms. The fourth-order valence-electron chi connectivity index (χ4n) is 6.41. The van der Waals surface area contributed by atoms with Gasteiger partial charge in [0.05, 0.1) is 0 Å². The summed E-state index contributed by atoms with van der Waals surface area (Å²) in [6.07, 6.45) is 0. The van der Waals surface area contributed by atoms with Crippen LogP contribution >= 0.6 is 0 Å². The molecular formula is C43H28N2O2. The van der Waals surface area contributed by atoms with Crippen molar-refractivity contribution in [2.75, 3.05) is 4.90 Å². The third-order valence-electron chi connectivity index (χ3n) is 8.71. The first-order chi connectivity index (χ1) is 23.3. The van der Waals surface area contributed by atoms with Crippen molar-refractivity contribution in [1.29, 1.82) is 0 Å². The Labute approximate surface area is 271 Å². The van der Waals surface area contributed by atoms with Crippen LogP contribution in [0.2, 0.25) is 0 Å². The first-order valence-corrected chi connectivity index (χ1v) is 15.7. The Bertz CT molecular complexity index is 2480. The number of aromatic nitrogens is 1. The topological polar surface area (TPSA) is 42.4 Å². The van der Waals surface area contributed by atoms with Crippen molar-refractivity contribution in [3.8, 4) is 33.7 Å². The van der Waals surface area contributed by atoms with Gasteiger partial charge >= 0.3 is 0 Å². The third kappa shape index (κ3) is 4.75. The maximum atomic E-state index is 6.65. The van der Waals surface area contributed by atoms with Gasteiger partial charge in [-0.2, -0.15) is 0 Å². The monoisotopic (exact) mass is 604 g/mol. The van der Waals surface area contributed by atoms with Gasteiger partial charge in [-0.25, -0.2) is 4.98 Å². The van der Waals surface area contributed by atoms with Crippen molar-refractivity contribution >= 4 is 50.1 Å². The van der Waals surface area contributed by atoms with E-state index in [1.165, 1.54) is 11.1 Å². The largest absolute Gasteiger partial charge is 0.454 e. The summed E-state index contributed by atoms with van der Waals surface area (Å²) in [5.41, 5.74) is 11.5. The molecule has 0 saturated heterocycles. The summed E-state index contributed by atoms with van der Waals surface area (Å²) in [5.74, 6) is 0.570. The summed E-state index contributed by atoms with van der Waals surface area (Å²) in [6, 6.07) is 58.5. The van der Waals surface area contributed by atoms with Gasteiger partial charge in [-0.1, -0.05) is 121 Å². The lowest BCUT2D eigenvalue weighted by Gasteiger charge is -2.25. The number of fused-ring (bicyclic) bond motifs is 4. The van der Waals surface area contributed by atoms with E-state index in [0.29, 0.717) is 11.5 Å². The average Bonchev–Trinajstić information content (AvgIpc) is 3.75. The standard InChI is InChI=1S/C43H28N2O2/c1-4-12-29(13-5-1)30-20-22-31(23-21-30)32-24-26-35(27-25-32)45(34-16-8-3-9-17-34)41-40-39(47-43(44-40)33-14-6-2-7-15-33)28-37-36-18-10-11-19-38(36)46-42(37)41/h1-28H. The van der Waals surface area contributed by atoms with Gasteiger partial charge in [0.1, 0.15) is 16.8 Å². The normalized spacial score (nSPS) is 11.4. The van der Waals surface area contributed by atoms with E-state index in [1.807, 2.05) is 60.7 Å². The molecule has 0 aliphatic heterocycles. The summed E-state index contributed by atoms with van der Waals surface area (Å²) in [7, 11) is 0. The van der Waals surface area contributed by atoms with E-state index in [0.717, 1.165) is 61.2 Å². The van der Waals surface area contributed by atoms with Gasteiger partial charge in [0, 0.05) is 27.7 Å². The minimum absolute atomic E-state index is 0.570. The molecule has 222 valence electrons. The molecule has 2 heterocycles. The Morgan fingerprint density at radius 3 is 1.57 bits per heavy atom. The molecule has 9 aromatic rings. The first-order valence-electron chi connectivity index (χ1n) is 15.7. The molecule has 0 fully saturated rings. The predicted molar refractivity (Wildman–Crippen MR) is 192 cm³/mol. The van der Waals surface area contributed by atoms with Crippen molar-refractivity contribution in [2.45, 2.75) is 0 Å². The maximum absolute atomic E-state index is 6.65. The number of benzene rings is 7. The Balaban J connectivity index is 1.22. The number of oxazole rings is 1. The SMILES string of the molecule is c1ccc(-c2ccc(-c3ccc(N(c4ccccc4)c4c5nc(-c6ccccc6)oc5cc5c4oc4ccccc45)cc3)cc2)cc1. The molecule has 0 N–H and O–H groups in total. The van der Waals surface area contributed by atoms with Crippen LogP contribution in [0.4, 0.5) is 17.1 Å². The predicted octanol–water partition coefficient (Wildman–Crippen LogP) is 12.2. The van der Waals surface area contributed by atoms with Crippen LogP contribution in [0, 0.1) is 0 Å². The summed E-state index contributed by atoms with van der Waals surface area (Å²) >= 11 is 0. The maximum Gasteiger partial charge on any atom is 0.227 e. The molecule has 9 rings (SSSR count). The van der Waals surface area contributed by atoms with Crippen molar-refractivity contribution in [1.82, 2.24) is 4.98 Å². The second-order valence-electron chi connectivity index (χ2n) is 11.6.